The van der Waals surface area contributed by atoms with Crippen LogP contribution in [0.4, 0.5) is 4.39 Å². The van der Waals surface area contributed by atoms with Crippen LogP contribution in [0.5, 0.6) is 5.75 Å². The largest absolute Gasteiger partial charge is 0.494 e. The van der Waals surface area contributed by atoms with Gasteiger partial charge in [-0.15, -0.1) is 0 Å². The lowest BCUT2D eigenvalue weighted by atomic mass is 9.79. The van der Waals surface area contributed by atoms with Gasteiger partial charge in [-0.1, -0.05) is 19.9 Å². The molecule has 1 aromatic carbocycles. The van der Waals surface area contributed by atoms with Gasteiger partial charge in [0.25, 0.3) is 0 Å². The van der Waals surface area contributed by atoms with Crippen molar-refractivity contribution in [2.75, 3.05) is 20.2 Å². The summed E-state index contributed by atoms with van der Waals surface area (Å²) in [5, 5.41) is 3.45. The van der Waals surface area contributed by atoms with E-state index in [1.54, 1.807) is 12.1 Å². The van der Waals surface area contributed by atoms with E-state index in [1.807, 2.05) is 6.07 Å². The molecule has 0 spiro atoms. The Morgan fingerprint density at radius 3 is 2.68 bits per heavy atom. The van der Waals surface area contributed by atoms with Gasteiger partial charge in [0, 0.05) is 6.54 Å². The summed E-state index contributed by atoms with van der Waals surface area (Å²) in [6.07, 6.45) is 3.53. The third-order valence-corrected chi connectivity index (χ3v) is 4.17. The van der Waals surface area contributed by atoms with Gasteiger partial charge in [0.2, 0.25) is 0 Å². The van der Waals surface area contributed by atoms with Crippen LogP contribution in [0.3, 0.4) is 0 Å². The van der Waals surface area contributed by atoms with Gasteiger partial charge >= 0.3 is 0 Å². The fraction of sp³-hybridized carbons (Fsp3) is 0.625. The van der Waals surface area contributed by atoms with E-state index in [0.29, 0.717) is 5.75 Å². The molecule has 0 saturated heterocycles. The van der Waals surface area contributed by atoms with Crippen molar-refractivity contribution in [3.63, 3.8) is 0 Å². The number of benzene rings is 1. The molecular formula is C16H24FNO. The van der Waals surface area contributed by atoms with Crippen LogP contribution in [-0.4, -0.2) is 20.2 Å². The topological polar surface area (TPSA) is 21.3 Å². The second-order valence-electron chi connectivity index (χ2n) is 5.85. The number of methoxy groups -OCH3 is 1. The van der Waals surface area contributed by atoms with Crippen molar-refractivity contribution < 1.29 is 9.13 Å². The van der Waals surface area contributed by atoms with E-state index in [2.05, 4.69) is 19.2 Å². The van der Waals surface area contributed by atoms with Crippen molar-refractivity contribution in [2.45, 2.75) is 33.1 Å². The van der Waals surface area contributed by atoms with Crippen LogP contribution in [0.25, 0.3) is 0 Å². The van der Waals surface area contributed by atoms with Crippen molar-refractivity contribution in [3.05, 3.63) is 29.6 Å². The molecule has 0 radical (unpaired) electrons. The Hall–Kier alpha value is -1.09. The van der Waals surface area contributed by atoms with Crippen LogP contribution in [0.15, 0.2) is 18.2 Å². The van der Waals surface area contributed by atoms with Crippen LogP contribution in [0.2, 0.25) is 0 Å². The van der Waals surface area contributed by atoms with Crippen molar-refractivity contribution in [3.8, 4) is 5.75 Å². The third-order valence-electron chi connectivity index (χ3n) is 4.17. The SMILES string of the molecule is CCNCC(C)(Cc1ccc(OC)c(F)c1)C1CC1. The van der Waals surface area contributed by atoms with E-state index in [9.17, 15) is 4.39 Å². The van der Waals surface area contributed by atoms with Crippen molar-refractivity contribution in [2.24, 2.45) is 11.3 Å². The van der Waals surface area contributed by atoms with E-state index in [4.69, 9.17) is 4.74 Å². The quantitative estimate of drug-likeness (QED) is 0.816. The molecule has 1 atom stereocenters. The average molecular weight is 265 g/mol. The molecule has 2 rings (SSSR count). The molecule has 1 saturated carbocycles. The molecule has 2 nitrogen and oxygen atoms in total. The van der Waals surface area contributed by atoms with Crippen LogP contribution in [-0.2, 0) is 6.42 Å². The summed E-state index contributed by atoms with van der Waals surface area (Å²) in [6, 6.07) is 5.32. The van der Waals surface area contributed by atoms with E-state index in [0.717, 1.165) is 31.0 Å². The van der Waals surface area contributed by atoms with Gasteiger partial charge in [-0.2, -0.15) is 0 Å². The van der Waals surface area contributed by atoms with Gasteiger partial charge in [-0.25, -0.2) is 4.39 Å². The molecule has 0 amide bonds. The summed E-state index contributed by atoms with van der Waals surface area (Å²) in [6.45, 7) is 6.43. The summed E-state index contributed by atoms with van der Waals surface area (Å²) < 4.78 is 18.7. The Morgan fingerprint density at radius 1 is 1.42 bits per heavy atom. The van der Waals surface area contributed by atoms with Crippen molar-refractivity contribution in [1.29, 1.82) is 0 Å². The zero-order valence-corrected chi connectivity index (χ0v) is 12.1. The second-order valence-corrected chi connectivity index (χ2v) is 5.85. The maximum Gasteiger partial charge on any atom is 0.165 e. The smallest absolute Gasteiger partial charge is 0.165 e. The number of ether oxygens (including phenoxy) is 1. The molecule has 1 fully saturated rings. The van der Waals surface area contributed by atoms with E-state index < -0.39 is 0 Å². The Bertz CT molecular complexity index is 431. The first-order chi connectivity index (χ1) is 9.09. The standard InChI is InChI=1S/C16H24FNO/c1-4-18-11-16(2,13-6-7-13)10-12-5-8-15(19-3)14(17)9-12/h5,8-9,13,18H,4,6-7,10-11H2,1-3H3. The molecule has 1 aliphatic rings. The molecule has 3 heteroatoms. The average Bonchev–Trinajstić information content (AvgIpc) is 3.21. The van der Waals surface area contributed by atoms with Gasteiger partial charge in [0.1, 0.15) is 0 Å². The minimum absolute atomic E-state index is 0.233. The zero-order valence-electron chi connectivity index (χ0n) is 12.1. The summed E-state index contributed by atoms with van der Waals surface area (Å²) in [7, 11) is 1.50. The minimum atomic E-state index is -0.262. The molecular weight excluding hydrogens is 241 g/mol. The number of hydrogen-bond acceptors (Lipinski definition) is 2. The lowest BCUT2D eigenvalue weighted by molar-refractivity contribution is 0.257. The lowest BCUT2D eigenvalue weighted by Gasteiger charge is -2.30. The highest BCUT2D eigenvalue weighted by atomic mass is 19.1. The van der Waals surface area contributed by atoms with Crippen molar-refractivity contribution in [1.82, 2.24) is 5.32 Å². The van der Waals surface area contributed by atoms with Gasteiger partial charge in [-0.3, -0.25) is 0 Å². The molecule has 0 bridgehead atoms. The zero-order chi connectivity index (χ0) is 13.9. The molecule has 106 valence electrons. The number of hydrogen-bond donors (Lipinski definition) is 1. The Balaban J connectivity index is 2.10. The van der Waals surface area contributed by atoms with Gasteiger partial charge in [0.15, 0.2) is 11.6 Å². The summed E-state index contributed by atoms with van der Waals surface area (Å²) in [4.78, 5) is 0. The maximum absolute atomic E-state index is 13.8. The molecule has 19 heavy (non-hydrogen) atoms. The predicted molar refractivity (Wildman–Crippen MR) is 76.0 cm³/mol. The number of rotatable bonds is 7. The highest BCUT2D eigenvalue weighted by Crippen LogP contribution is 2.47. The van der Waals surface area contributed by atoms with Crippen LogP contribution >= 0.6 is 0 Å². The lowest BCUT2D eigenvalue weighted by Crippen LogP contribution is -2.35. The highest BCUT2D eigenvalue weighted by molar-refractivity contribution is 5.30. The molecule has 1 unspecified atom stereocenters. The Kier molecular flexibility index (Phi) is 4.46. The molecule has 0 aliphatic heterocycles. The Labute approximate surface area is 115 Å². The van der Waals surface area contributed by atoms with Crippen LogP contribution in [0, 0.1) is 17.2 Å². The van der Waals surface area contributed by atoms with E-state index >= 15 is 0 Å². The third kappa shape index (κ3) is 3.47. The first kappa shape index (κ1) is 14.3. The normalized spacial score (nSPS) is 18.1. The van der Waals surface area contributed by atoms with Gasteiger partial charge in [-0.05, 0) is 54.8 Å². The van der Waals surface area contributed by atoms with E-state index in [-0.39, 0.29) is 11.2 Å². The number of halogens is 1. The van der Waals surface area contributed by atoms with Gasteiger partial charge < -0.3 is 10.1 Å². The van der Waals surface area contributed by atoms with Crippen LogP contribution < -0.4 is 10.1 Å². The maximum atomic E-state index is 13.8. The van der Waals surface area contributed by atoms with Gasteiger partial charge in [0.05, 0.1) is 7.11 Å². The monoisotopic (exact) mass is 265 g/mol. The fourth-order valence-electron chi connectivity index (χ4n) is 2.83. The molecule has 0 heterocycles. The summed E-state index contributed by atoms with van der Waals surface area (Å²) in [5.74, 6) is 0.835. The molecule has 1 aliphatic carbocycles. The first-order valence-electron chi connectivity index (χ1n) is 7.12. The number of nitrogens with one attached hydrogen (secondary N) is 1. The molecule has 1 aromatic rings. The fourth-order valence-corrected chi connectivity index (χ4v) is 2.83. The Morgan fingerprint density at radius 2 is 2.16 bits per heavy atom. The molecule has 0 aromatic heterocycles. The van der Waals surface area contributed by atoms with Crippen molar-refractivity contribution >= 4 is 0 Å². The summed E-state index contributed by atoms with van der Waals surface area (Å²) >= 11 is 0. The predicted octanol–water partition coefficient (Wildman–Crippen LogP) is 3.40. The van der Waals surface area contributed by atoms with Crippen LogP contribution in [0.1, 0.15) is 32.3 Å². The first-order valence-corrected chi connectivity index (χ1v) is 7.12. The summed E-state index contributed by atoms with van der Waals surface area (Å²) in [5.41, 5.74) is 1.29. The second kappa shape index (κ2) is 5.91. The van der Waals surface area contributed by atoms with E-state index in [1.165, 1.54) is 20.0 Å². The minimum Gasteiger partial charge on any atom is -0.494 e. The highest BCUT2D eigenvalue weighted by Gasteiger charge is 2.41. The molecule has 1 N–H and O–H groups in total.